The zero-order valence-corrected chi connectivity index (χ0v) is 11.1. The Morgan fingerprint density at radius 1 is 1.24 bits per heavy atom. The van der Waals surface area contributed by atoms with Crippen molar-refractivity contribution in [1.29, 1.82) is 0 Å². The van der Waals surface area contributed by atoms with Gasteiger partial charge in [-0.05, 0) is 5.75 Å². The van der Waals surface area contributed by atoms with Gasteiger partial charge in [0.2, 0.25) is 0 Å². The number of carboxylic acid groups (broad SMARTS) is 1. The molecule has 2 aromatic carbocycles. The molecule has 0 aliphatic rings. The van der Waals surface area contributed by atoms with Crippen LogP contribution in [-0.2, 0) is 27.6 Å². The first kappa shape index (κ1) is 16.0. The molecule has 0 saturated carbocycles. The topological polar surface area (TPSA) is 37.3 Å². The smallest absolute Gasteiger partial charge is 0.481 e. The van der Waals surface area contributed by atoms with Gasteiger partial charge < -0.3 is 5.11 Å². The Balaban J connectivity index is 0.000000360. The molecule has 0 fully saturated rings. The Morgan fingerprint density at radius 2 is 1.94 bits per heavy atom. The third-order valence-corrected chi connectivity index (χ3v) is 2.77. The molecular formula is C13H14FeO2S. The van der Waals surface area contributed by atoms with Gasteiger partial charge in [0.1, 0.15) is 0 Å². The maximum absolute atomic E-state index is 10.1. The molecule has 0 saturated heterocycles. The van der Waals surface area contributed by atoms with Crippen molar-refractivity contribution in [2.45, 2.75) is 5.75 Å². The Labute approximate surface area is 116 Å². The van der Waals surface area contributed by atoms with E-state index >= 15 is 0 Å². The minimum atomic E-state index is -0.749. The molecule has 0 amide bonds. The molecule has 0 aliphatic carbocycles. The van der Waals surface area contributed by atoms with Gasteiger partial charge in [-0.3, -0.25) is 4.79 Å². The molecule has 2 rings (SSSR count). The average molecular weight is 290 g/mol. The van der Waals surface area contributed by atoms with E-state index in [4.69, 9.17) is 5.11 Å². The summed E-state index contributed by atoms with van der Waals surface area (Å²) in [6.45, 7) is 0. The molecule has 17 heavy (non-hydrogen) atoms. The predicted octanol–water partition coefficient (Wildman–Crippen LogP) is 3.13. The van der Waals surface area contributed by atoms with E-state index in [1.165, 1.54) is 17.3 Å². The minimum absolute atomic E-state index is 0. The molecule has 2 nitrogen and oxygen atoms in total. The van der Waals surface area contributed by atoms with Crippen LogP contribution in [0.25, 0.3) is 0 Å². The summed E-state index contributed by atoms with van der Waals surface area (Å²) in [5.74, 6) is 0.228. The quantitative estimate of drug-likeness (QED) is 0.694. The fourth-order valence-corrected chi connectivity index (χ4v) is 1.79. The second-order valence-electron chi connectivity index (χ2n) is 3.14. The van der Waals surface area contributed by atoms with Gasteiger partial charge in [-0.25, -0.2) is 24.3 Å². The van der Waals surface area contributed by atoms with Crippen molar-refractivity contribution >= 4 is 17.7 Å². The van der Waals surface area contributed by atoms with Crippen LogP contribution in [0.2, 0.25) is 0 Å². The number of hydrogen-bond donors (Lipinski definition) is 1. The van der Waals surface area contributed by atoms with E-state index in [2.05, 4.69) is 0 Å². The van der Waals surface area contributed by atoms with Crippen LogP contribution in [0.15, 0.2) is 54.6 Å². The standard InChI is InChI=1S/C8H9O2S.C5H5.Fe/c9-8(10)6-11-5-7-3-1-2-4-7;1-2-4-5-3-1;/h1-4H,5-6H2,(H,9,10);1-5H;/q2*-1;+2. The van der Waals surface area contributed by atoms with Crippen LogP contribution < -0.4 is 0 Å². The van der Waals surface area contributed by atoms with Gasteiger partial charge in [0.05, 0.1) is 5.75 Å². The summed E-state index contributed by atoms with van der Waals surface area (Å²) in [5, 5.41) is 8.32. The van der Waals surface area contributed by atoms with Crippen molar-refractivity contribution in [3.63, 3.8) is 0 Å². The Kier molecular flexibility index (Phi) is 9.63. The van der Waals surface area contributed by atoms with Crippen molar-refractivity contribution < 1.29 is 27.0 Å². The summed E-state index contributed by atoms with van der Waals surface area (Å²) in [6, 6.07) is 17.9. The molecule has 0 aliphatic heterocycles. The van der Waals surface area contributed by atoms with Gasteiger partial charge in [-0.1, -0.05) is 0 Å². The van der Waals surface area contributed by atoms with E-state index in [1.54, 1.807) is 0 Å². The summed E-state index contributed by atoms with van der Waals surface area (Å²) >= 11 is 1.42. The van der Waals surface area contributed by atoms with Crippen LogP contribution in [0.5, 0.6) is 0 Å². The summed E-state index contributed by atoms with van der Waals surface area (Å²) in [6.07, 6.45) is 0. The number of hydrogen-bond acceptors (Lipinski definition) is 2. The van der Waals surface area contributed by atoms with Crippen LogP contribution in [0.3, 0.4) is 0 Å². The third kappa shape index (κ3) is 8.81. The van der Waals surface area contributed by atoms with Gasteiger partial charge in [-0.15, -0.1) is 11.8 Å². The number of thioether (sulfide) groups is 1. The Morgan fingerprint density at radius 3 is 2.35 bits per heavy atom. The van der Waals surface area contributed by atoms with E-state index < -0.39 is 5.97 Å². The molecule has 0 bridgehead atoms. The summed E-state index contributed by atoms with van der Waals surface area (Å²) in [5.41, 5.74) is 1.19. The zero-order valence-electron chi connectivity index (χ0n) is 9.23. The van der Waals surface area contributed by atoms with E-state index in [0.717, 1.165) is 5.75 Å². The summed E-state index contributed by atoms with van der Waals surface area (Å²) in [7, 11) is 0. The summed E-state index contributed by atoms with van der Waals surface area (Å²) in [4.78, 5) is 10.1. The molecule has 0 radical (unpaired) electrons. The molecule has 0 aromatic heterocycles. The monoisotopic (exact) mass is 290 g/mol. The van der Waals surface area contributed by atoms with Gasteiger partial charge >= 0.3 is 23.0 Å². The van der Waals surface area contributed by atoms with Gasteiger partial charge in [0.15, 0.2) is 0 Å². The fraction of sp³-hybridized carbons (Fsp3) is 0.154. The maximum Gasteiger partial charge on any atom is 2.00 e. The van der Waals surface area contributed by atoms with Crippen molar-refractivity contribution in [2.24, 2.45) is 0 Å². The molecular weight excluding hydrogens is 276 g/mol. The molecule has 0 atom stereocenters. The van der Waals surface area contributed by atoms with E-state index in [1.807, 2.05) is 54.6 Å². The summed E-state index contributed by atoms with van der Waals surface area (Å²) < 4.78 is 0. The molecule has 0 spiro atoms. The van der Waals surface area contributed by atoms with E-state index in [0.29, 0.717) is 0 Å². The number of carboxylic acids is 1. The minimum Gasteiger partial charge on any atom is -0.481 e. The van der Waals surface area contributed by atoms with Gasteiger partial charge in [-0.2, -0.15) is 35.9 Å². The second-order valence-corrected chi connectivity index (χ2v) is 4.13. The van der Waals surface area contributed by atoms with Crippen LogP contribution in [0, 0.1) is 0 Å². The van der Waals surface area contributed by atoms with Crippen molar-refractivity contribution in [3.8, 4) is 0 Å². The van der Waals surface area contributed by atoms with Crippen molar-refractivity contribution in [2.75, 3.05) is 5.75 Å². The zero-order chi connectivity index (χ0) is 11.6. The van der Waals surface area contributed by atoms with Crippen LogP contribution in [0.1, 0.15) is 5.56 Å². The van der Waals surface area contributed by atoms with Gasteiger partial charge in [0, 0.05) is 0 Å². The number of carbonyl (C=O) groups is 1. The molecule has 0 unspecified atom stereocenters. The molecule has 0 heterocycles. The van der Waals surface area contributed by atoms with Crippen molar-refractivity contribution in [3.05, 3.63) is 60.2 Å². The first-order chi connectivity index (χ1) is 7.79. The molecule has 92 valence electrons. The van der Waals surface area contributed by atoms with Crippen LogP contribution >= 0.6 is 11.8 Å². The van der Waals surface area contributed by atoms with Crippen molar-refractivity contribution in [1.82, 2.24) is 0 Å². The first-order valence-electron chi connectivity index (χ1n) is 4.96. The largest absolute Gasteiger partial charge is 2.00 e. The molecule has 1 N–H and O–H groups in total. The maximum atomic E-state index is 10.1. The van der Waals surface area contributed by atoms with Gasteiger partial charge in [0.25, 0.3) is 0 Å². The Bertz CT molecular complexity index is 351. The van der Waals surface area contributed by atoms with Crippen LogP contribution in [-0.4, -0.2) is 16.8 Å². The molecule has 4 heteroatoms. The van der Waals surface area contributed by atoms with E-state index in [-0.39, 0.29) is 22.8 Å². The normalized spacial score (nSPS) is 8.71. The first-order valence-corrected chi connectivity index (χ1v) is 6.11. The number of aliphatic carboxylic acids is 1. The predicted molar refractivity (Wildman–Crippen MR) is 67.9 cm³/mol. The Hall–Kier alpha value is -0.961. The average Bonchev–Trinajstić information content (AvgIpc) is 2.93. The van der Waals surface area contributed by atoms with E-state index in [9.17, 15) is 4.79 Å². The van der Waals surface area contributed by atoms with Crippen LogP contribution in [0.4, 0.5) is 0 Å². The fourth-order valence-electron chi connectivity index (χ4n) is 1.09. The SMILES string of the molecule is O=C(O)CSCc1ccc[cH-]1.[Fe+2].c1cc[cH-]c1. The third-order valence-electron chi connectivity index (χ3n) is 1.78. The molecule has 2 aromatic rings. The number of rotatable bonds is 4. The second kappa shape index (κ2) is 10.2.